The molecule has 0 spiro atoms. The van der Waals surface area contributed by atoms with Crippen LogP contribution in [0.15, 0.2) is 47.8 Å². The van der Waals surface area contributed by atoms with Crippen molar-refractivity contribution in [2.45, 2.75) is 45.3 Å². The number of Topliss-reactive ketones (excluding diaryl/α,β-unsaturated/α-hetero) is 1. The monoisotopic (exact) mass is 406 g/mol. The summed E-state index contributed by atoms with van der Waals surface area (Å²) in [5.41, 5.74) is 1.47. The normalized spacial score (nSPS) is 20.4. The number of pyridine rings is 1. The van der Waals surface area contributed by atoms with Gasteiger partial charge in [0, 0.05) is 23.9 Å². The fourth-order valence-corrected chi connectivity index (χ4v) is 3.84. The number of aryl methyl sites for hydroxylation is 1. The Hall–Kier alpha value is -3.06. The molecule has 1 N–H and O–H groups in total. The predicted octanol–water partition coefficient (Wildman–Crippen LogP) is 2.87. The first-order chi connectivity index (χ1) is 14.4. The number of nitrogens with zero attached hydrogens (tertiary/aromatic N) is 3. The summed E-state index contributed by atoms with van der Waals surface area (Å²) in [5.74, 6) is 0.416. The van der Waals surface area contributed by atoms with Crippen molar-refractivity contribution in [2.24, 2.45) is 5.16 Å². The Bertz CT molecular complexity index is 992. The number of aromatic nitrogens is 1. The van der Waals surface area contributed by atoms with Gasteiger partial charge in [0.05, 0.1) is 6.04 Å². The summed E-state index contributed by atoms with van der Waals surface area (Å²) in [5, 5.41) is 7.32. The smallest absolute Gasteiger partial charge is 0.259 e. The van der Waals surface area contributed by atoms with Gasteiger partial charge in [-0.05, 0) is 63.9 Å². The topological polar surface area (TPSA) is 83.9 Å². The molecule has 1 saturated heterocycles. The zero-order valence-corrected chi connectivity index (χ0v) is 17.5. The summed E-state index contributed by atoms with van der Waals surface area (Å²) in [6.07, 6.45) is 3.65. The third kappa shape index (κ3) is 3.73. The van der Waals surface area contributed by atoms with Crippen LogP contribution in [0.4, 0.5) is 5.82 Å². The van der Waals surface area contributed by atoms with Crippen LogP contribution in [-0.2, 0) is 9.63 Å². The molecule has 2 aromatic rings. The third-order valence-electron chi connectivity index (χ3n) is 5.60. The van der Waals surface area contributed by atoms with Crippen LogP contribution in [0.1, 0.15) is 48.2 Å². The molecule has 2 aliphatic heterocycles. The highest BCUT2D eigenvalue weighted by molar-refractivity contribution is 6.49. The van der Waals surface area contributed by atoms with Crippen molar-refractivity contribution in [3.8, 4) is 0 Å². The van der Waals surface area contributed by atoms with Crippen LogP contribution in [0.3, 0.4) is 0 Å². The van der Waals surface area contributed by atoms with E-state index < -0.39 is 5.60 Å². The molecule has 0 radical (unpaired) electrons. The summed E-state index contributed by atoms with van der Waals surface area (Å²) in [7, 11) is 0. The van der Waals surface area contributed by atoms with Crippen LogP contribution in [0.25, 0.3) is 0 Å². The van der Waals surface area contributed by atoms with Gasteiger partial charge in [-0.3, -0.25) is 14.5 Å². The van der Waals surface area contributed by atoms with E-state index in [4.69, 9.17) is 4.84 Å². The maximum Gasteiger partial charge on any atom is 0.259 e. The highest BCUT2D eigenvalue weighted by Crippen LogP contribution is 2.26. The van der Waals surface area contributed by atoms with Gasteiger partial charge in [0.1, 0.15) is 5.82 Å². The Kier molecular flexibility index (Phi) is 5.39. The molecule has 0 saturated carbocycles. The minimum atomic E-state index is -0.953. The van der Waals surface area contributed by atoms with E-state index in [1.165, 1.54) is 0 Å². The fourth-order valence-electron chi connectivity index (χ4n) is 3.84. The van der Waals surface area contributed by atoms with E-state index in [1.54, 1.807) is 49.2 Å². The molecule has 1 aromatic heterocycles. The summed E-state index contributed by atoms with van der Waals surface area (Å²) in [6, 6.07) is 10.8. The zero-order chi connectivity index (χ0) is 21.3. The van der Waals surface area contributed by atoms with Crippen molar-refractivity contribution in [3.63, 3.8) is 0 Å². The molecule has 1 unspecified atom stereocenters. The first-order valence-electron chi connectivity index (χ1n) is 10.3. The number of piperidine rings is 1. The summed E-state index contributed by atoms with van der Waals surface area (Å²) in [4.78, 5) is 37.5. The van der Waals surface area contributed by atoms with E-state index >= 15 is 0 Å². The lowest BCUT2D eigenvalue weighted by atomic mass is 9.95. The Morgan fingerprint density at radius 3 is 2.60 bits per heavy atom. The van der Waals surface area contributed by atoms with Crippen LogP contribution in [0.5, 0.6) is 0 Å². The number of hydrogen-bond donors (Lipinski definition) is 1. The molecule has 1 amide bonds. The van der Waals surface area contributed by atoms with Crippen molar-refractivity contribution in [1.82, 2.24) is 10.3 Å². The van der Waals surface area contributed by atoms with Crippen molar-refractivity contribution in [3.05, 3.63) is 59.3 Å². The number of oxime groups is 1. The van der Waals surface area contributed by atoms with Crippen LogP contribution < -0.4 is 10.2 Å². The van der Waals surface area contributed by atoms with Crippen LogP contribution >= 0.6 is 0 Å². The Morgan fingerprint density at radius 2 is 2.00 bits per heavy atom. The molecule has 7 nitrogen and oxygen atoms in total. The minimum Gasteiger partial charge on any atom is -0.381 e. The molecule has 4 rings (SSSR count). The standard InChI is InChI=1S/C23H26N4O3/c1-15-6-4-13-25-21(15)27(18-7-5-12-24-14-18)22(29)17-10-8-16(9-11-17)19-20(28)23(2,3)30-26-19/h4,6,8-11,13,18,24H,5,7,12,14H2,1-3H3. The molecule has 1 atom stereocenters. The first-order valence-corrected chi connectivity index (χ1v) is 10.3. The van der Waals surface area contributed by atoms with Crippen LogP contribution in [0.2, 0.25) is 0 Å². The lowest BCUT2D eigenvalue weighted by Crippen LogP contribution is -2.49. The number of rotatable bonds is 4. The molecule has 30 heavy (non-hydrogen) atoms. The highest BCUT2D eigenvalue weighted by Gasteiger charge is 2.40. The van der Waals surface area contributed by atoms with E-state index in [-0.39, 0.29) is 23.4 Å². The third-order valence-corrected chi connectivity index (χ3v) is 5.60. The lowest BCUT2D eigenvalue weighted by molar-refractivity contribution is -0.128. The van der Waals surface area contributed by atoms with E-state index in [0.29, 0.717) is 16.9 Å². The number of benzene rings is 1. The largest absolute Gasteiger partial charge is 0.381 e. The lowest BCUT2D eigenvalue weighted by Gasteiger charge is -2.34. The number of carbonyl (C=O) groups excluding carboxylic acids is 2. The van der Waals surface area contributed by atoms with E-state index in [0.717, 1.165) is 31.5 Å². The average molecular weight is 406 g/mol. The van der Waals surface area contributed by atoms with Gasteiger partial charge >= 0.3 is 0 Å². The molecule has 156 valence electrons. The predicted molar refractivity (Wildman–Crippen MR) is 115 cm³/mol. The second-order valence-corrected chi connectivity index (χ2v) is 8.27. The van der Waals surface area contributed by atoms with Gasteiger partial charge in [0.15, 0.2) is 11.3 Å². The maximum atomic E-state index is 13.5. The van der Waals surface area contributed by atoms with Crippen molar-refractivity contribution in [1.29, 1.82) is 0 Å². The molecule has 0 aliphatic carbocycles. The molecular weight excluding hydrogens is 380 g/mol. The molecule has 7 heteroatoms. The zero-order valence-electron chi connectivity index (χ0n) is 17.5. The maximum absolute atomic E-state index is 13.5. The van der Waals surface area contributed by atoms with Gasteiger partial charge in [0.25, 0.3) is 5.91 Å². The Labute approximate surface area is 176 Å². The number of anilines is 1. The van der Waals surface area contributed by atoms with Gasteiger partial charge in [-0.1, -0.05) is 23.4 Å². The molecule has 0 bridgehead atoms. The highest BCUT2D eigenvalue weighted by atomic mass is 16.7. The Morgan fingerprint density at radius 1 is 1.23 bits per heavy atom. The summed E-state index contributed by atoms with van der Waals surface area (Å²) >= 11 is 0. The van der Waals surface area contributed by atoms with Crippen molar-refractivity contribution < 1.29 is 14.4 Å². The van der Waals surface area contributed by atoms with Gasteiger partial charge in [-0.2, -0.15) is 0 Å². The SMILES string of the molecule is Cc1cccnc1N(C(=O)c1ccc(C2=NOC(C)(C)C2=O)cc1)C1CCCNC1. The summed E-state index contributed by atoms with van der Waals surface area (Å²) in [6.45, 7) is 7.04. The minimum absolute atomic E-state index is 0.0366. The van der Waals surface area contributed by atoms with Gasteiger partial charge in [-0.25, -0.2) is 4.98 Å². The van der Waals surface area contributed by atoms with E-state index in [1.807, 2.05) is 19.1 Å². The fraction of sp³-hybridized carbons (Fsp3) is 0.391. The molecular formula is C23H26N4O3. The Balaban J connectivity index is 1.63. The number of amides is 1. The van der Waals surface area contributed by atoms with Crippen LogP contribution in [0, 0.1) is 6.92 Å². The number of ketones is 1. The van der Waals surface area contributed by atoms with E-state index in [9.17, 15) is 9.59 Å². The van der Waals surface area contributed by atoms with Gasteiger partial charge in [0.2, 0.25) is 5.78 Å². The quantitative estimate of drug-likeness (QED) is 0.844. The van der Waals surface area contributed by atoms with Crippen LogP contribution in [-0.4, -0.2) is 47.1 Å². The number of carbonyl (C=O) groups is 2. The summed E-state index contributed by atoms with van der Waals surface area (Å²) < 4.78 is 0. The molecule has 3 heterocycles. The van der Waals surface area contributed by atoms with Gasteiger partial charge in [-0.15, -0.1) is 0 Å². The first kappa shape index (κ1) is 20.2. The van der Waals surface area contributed by atoms with E-state index in [2.05, 4.69) is 15.5 Å². The average Bonchev–Trinajstić information content (AvgIpc) is 3.03. The number of nitrogens with one attached hydrogen (secondary N) is 1. The molecule has 1 aromatic carbocycles. The van der Waals surface area contributed by atoms with Crippen molar-refractivity contribution >= 4 is 23.2 Å². The number of hydrogen-bond acceptors (Lipinski definition) is 6. The molecule has 2 aliphatic rings. The molecule has 1 fully saturated rings. The second-order valence-electron chi connectivity index (χ2n) is 8.27. The second kappa shape index (κ2) is 7.99. The van der Waals surface area contributed by atoms with Gasteiger partial charge < -0.3 is 10.2 Å². The van der Waals surface area contributed by atoms with Crippen molar-refractivity contribution in [2.75, 3.05) is 18.0 Å².